The maximum atomic E-state index is 12.4. The van der Waals surface area contributed by atoms with Crippen LogP contribution in [-0.4, -0.2) is 30.8 Å². The Morgan fingerprint density at radius 3 is 2.37 bits per heavy atom. The number of benzene rings is 2. The van der Waals surface area contributed by atoms with Crippen LogP contribution in [-0.2, 0) is 14.3 Å². The van der Waals surface area contributed by atoms with E-state index in [9.17, 15) is 14.4 Å². The van der Waals surface area contributed by atoms with Crippen LogP contribution in [0.1, 0.15) is 27.9 Å². The minimum absolute atomic E-state index is 0.0955. The van der Waals surface area contributed by atoms with Crippen LogP contribution in [0, 0.1) is 19.8 Å². The maximum Gasteiger partial charge on any atom is 0.311 e. The summed E-state index contributed by atoms with van der Waals surface area (Å²) in [6.45, 7) is 3.88. The molecule has 2 aromatic rings. The molecule has 6 heteroatoms. The molecular weight excluding hydrogens is 410 g/mol. The van der Waals surface area contributed by atoms with Crippen molar-refractivity contribution in [2.75, 3.05) is 18.1 Å². The van der Waals surface area contributed by atoms with Crippen LogP contribution in [0.5, 0.6) is 0 Å². The number of hydrogen-bond acceptors (Lipinski definition) is 4. The van der Waals surface area contributed by atoms with E-state index in [2.05, 4.69) is 15.9 Å². The van der Waals surface area contributed by atoms with Crippen molar-refractivity contribution in [3.8, 4) is 0 Å². The number of anilines is 1. The van der Waals surface area contributed by atoms with Gasteiger partial charge in [-0.3, -0.25) is 14.4 Å². The summed E-state index contributed by atoms with van der Waals surface area (Å²) < 4.78 is 6.04. The SMILES string of the molecule is Cc1cc(C)cc(N2C[C@@H](C(=O)OCC(=O)c3ccc(Br)cc3)CC2=O)c1. The van der Waals surface area contributed by atoms with Gasteiger partial charge in [0.1, 0.15) is 0 Å². The molecule has 0 saturated carbocycles. The van der Waals surface area contributed by atoms with Crippen LogP contribution < -0.4 is 4.90 Å². The van der Waals surface area contributed by atoms with E-state index in [1.54, 1.807) is 29.2 Å². The zero-order valence-corrected chi connectivity index (χ0v) is 16.8. The van der Waals surface area contributed by atoms with Crippen LogP contribution in [0.25, 0.3) is 0 Å². The molecule has 1 aliphatic heterocycles. The van der Waals surface area contributed by atoms with Crippen molar-refractivity contribution in [2.45, 2.75) is 20.3 Å². The van der Waals surface area contributed by atoms with E-state index < -0.39 is 11.9 Å². The number of halogens is 1. The van der Waals surface area contributed by atoms with E-state index in [1.807, 2.05) is 32.0 Å². The molecule has 140 valence electrons. The Labute approximate surface area is 166 Å². The third kappa shape index (κ3) is 4.63. The third-order valence-corrected chi connectivity index (χ3v) is 5.02. The van der Waals surface area contributed by atoms with Gasteiger partial charge in [0.25, 0.3) is 0 Å². The van der Waals surface area contributed by atoms with Gasteiger partial charge in [0.05, 0.1) is 5.92 Å². The zero-order chi connectivity index (χ0) is 19.6. The highest BCUT2D eigenvalue weighted by atomic mass is 79.9. The Morgan fingerprint density at radius 2 is 1.74 bits per heavy atom. The van der Waals surface area contributed by atoms with Gasteiger partial charge in [-0.2, -0.15) is 0 Å². The average molecular weight is 430 g/mol. The Balaban J connectivity index is 1.60. The molecular formula is C21H20BrNO4. The summed E-state index contributed by atoms with van der Waals surface area (Å²) in [5, 5.41) is 0. The van der Waals surface area contributed by atoms with E-state index in [1.165, 1.54) is 0 Å². The molecule has 27 heavy (non-hydrogen) atoms. The van der Waals surface area contributed by atoms with Crippen molar-refractivity contribution in [1.29, 1.82) is 0 Å². The molecule has 1 saturated heterocycles. The van der Waals surface area contributed by atoms with Gasteiger partial charge in [-0.05, 0) is 49.2 Å². The van der Waals surface area contributed by atoms with Gasteiger partial charge in [0, 0.05) is 28.7 Å². The first kappa shape index (κ1) is 19.3. The molecule has 1 amide bonds. The maximum absolute atomic E-state index is 12.4. The van der Waals surface area contributed by atoms with Gasteiger partial charge in [-0.1, -0.05) is 34.1 Å². The van der Waals surface area contributed by atoms with Gasteiger partial charge in [0.15, 0.2) is 12.4 Å². The van der Waals surface area contributed by atoms with Crippen LogP contribution in [0.3, 0.4) is 0 Å². The highest BCUT2D eigenvalue weighted by molar-refractivity contribution is 9.10. The summed E-state index contributed by atoms with van der Waals surface area (Å²) in [5.41, 5.74) is 3.39. The lowest BCUT2D eigenvalue weighted by Gasteiger charge is -2.18. The Hall–Kier alpha value is -2.47. The number of esters is 1. The highest BCUT2D eigenvalue weighted by Crippen LogP contribution is 2.27. The zero-order valence-electron chi connectivity index (χ0n) is 15.2. The fourth-order valence-electron chi connectivity index (χ4n) is 3.20. The molecule has 0 aliphatic carbocycles. The molecule has 1 atom stereocenters. The molecule has 0 unspecified atom stereocenters. The van der Waals surface area contributed by atoms with E-state index in [0.717, 1.165) is 21.3 Å². The molecule has 0 spiro atoms. The highest BCUT2D eigenvalue weighted by Gasteiger charge is 2.36. The normalized spacial score (nSPS) is 16.5. The van der Waals surface area contributed by atoms with Crippen molar-refractivity contribution in [1.82, 2.24) is 0 Å². The number of aryl methyl sites for hydroxylation is 2. The van der Waals surface area contributed by atoms with E-state index in [-0.39, 0.29) is 31.3 Å². The minimum Gasteiger partial charge on any atom is -0.457 e. The molecule has 1 aliphatic rings. The first-order valence-corrected chi connectivity index (χ1v) is 9.47. The number of Topliss-reactive ketones (excluding diaryl/α,β-unsaturated/α-hetero) is 1. The second-order valence-corrected chi connectivity index (χ2v) is 7.70. The van der Waals surface area contributed by atoms with Crippen LogP contribution in [0.2, 0.25) is 0 Å². The lowest BCUT2D eigenvalue weighted by Crippen LogP contribution is -2.27. The fourth-order valence-corrected chi connectivity index (χ4v) is 3.46. The minimum atomic E-state index is -0.559. The molecule has 0 aromatic heterocycles. The van der Waals surface area contributed by atoms with Crippen LogP contribution in [0.15, 0.2) is 46.9 Å². The van der Waals surface area contributed by atoms with Crippen molar-refractivity contribution in [3.05, 3.63) is 63.6 Å². The third-order valence-electron chi connectivity index (χ3n) is 4.49. The lowest BCUT2D eigenvalue weighted by molar-refractivity contribution is -0.147. The largest absolute Gasteiger partial charge is 0.457 e. The summed E-state index contributed by atoms with van der Waals surface area (Å²) in [6, 6.07) is 12.7. The monoisotopic (exact) mass is 429 g/mol. The summed E-state index contributed by atoms with van der Waals surface area (Å²) in [6.07, 6.45) is 0.0955. The second-order valence-electron chi connectivity index (χ2n) is 6.79. The summed E-state index contributed by atoms with van der Waals surface area (Å²) in [4.78, 5) is 38.4. The predicted octanol–water partition coefficient (Wildman–Crippen LogP) is 3.84. The smallest absolute Gasteiger partial charge is 0.311 e. The van der Waals surface area contributed by atoms with E-state index in [4.69, 9.17) is 4.74 Å². The van der Waals surface area contributed by atoms with E-state index in [0.29, 0.717) is 5.56 Å². The molecule has 5 nitrogen and oxygen atoms in total. The van der Waals surface area contributed by atoms with Gasteiger partial charge in [-0.25, -0.2) is 0 Å². The number of ketones is 1. The van der Waals surface area contributed by atoms with Crippen LogP contribution >= 0.6 is 15.9 Å². The molecule has 1 fully saturated rings. The van der Waals surface area contributed by atoms with E-state index >= 15 is 0 Å². The molecule has 0 bridgehead atoms. The molecule has 3 rings (SSSR count). The van der Waals surface area contributed by atoms with Crippen molar-refractivity contribution >= 4 is 39.3 Å². The topological polar surface area (TPSA) is 63.7 Å². The van der Waals surface area contributed by atoms with Crippen LogP contribution in [0.4, 0.5) is 5.69 Å². The lowest BCUT2D eigenvalue weighted by atomic mass is 10.1. The average Bonchev–Trinajstić information content (AvgIpc) is 3.01. The molecule has 0 radical (unpaired) electrons. The number of carbonyl (C=O) groups excluding carboxylic acids is 3. The summed E-state index contributed by atoms with van der Waals surface area (Å²) in [5.74, 6) is -1.45. The Morgan fingerprint density at radius 1 is 1.11 bits per heavy atom. The number of carbonyl (C=O) groups is 3. The number of ether oxygens (including phenoxy) is 1. The standard InChI is InChI=1S/C21H20BrNO4/c1-13-7-14(2)9-18(8-13)23-11-16(10-20(23)25)21(26)27-12-19(24)15-3-5-17(22)6-4-15/h3-9,16H,10-12H2,1-2H3/t16-/m0/s1. The predicted molar refractivity (Wildman–Crippen MR) is 106 cm³/mol. The molecule has 0 N–H and O–H groups in total. The number of rotatable bonds is 5. The number of nitrogens with zero attached hydrogens (tertiary/aromatic N) is 1. The van der Waals surface area contributed by atoms with Gasteiger partial charge in [-0.15, -0.1) is 0 Å². The molecule has 2 aromatic carbocycles. The Kier molecular flexibility index (Phi) is 5.75. The summed E-state index contributed by atoms with van der Waals surface area (Å²) >= 11 is 3.31. The number of amides is 1. The van der Waals surface area contributed by atoms with Gasteiger partial charge in [0.2, 0.25) is 5.91 Å². The Bertz CT molecular complexity index is 871. The first-order chi connectivity index (χ1) is 12.8. The fraction of sp³-hybridized carbons (Fsp3) is 0.286. The first-order valence-electron chi connectivity index (χ1n) is 8.67. The van der Waals surface area contributed by atoms with Crippen molar-refractivity contribution < 1.29 is 19.1 Å². The quantitative estimate of drug-likeness (QED) is 0.534. The summed E-state index contributed by atoms with van der Waals surface area (Å²) in [7, 11) is 0. The molecule has 1 heterocycles. The van der Waals surface area contributed by atoms with Crippen molar-refractivity contribution in [2.24, 2.45) is 5.92 Å². The van der Waals surface area contributed by atoms with Gasteiger partial charge >= 0.3 is 5.97 Å². The number of hydrogen-bond donors (Lipinski definition) is 0. The van der Waals surface area contributed by atoms with Crippen molar-refractivity contribution in [3.63, 3.8) is 0 Å². The van der Waals surface area contributed by atoms with Gasteiger partial charge < -0.3 is 9.64 Å². The second kappa shape index (κ2) is 8.05.